The number of ether oxygens (including phenoxy) is 2. The van der Waals surface area contributed by atoms with E-state index in [1.165, 1.54) is 15.6 Å². The van der Waals surface area contributed by atoms with Gasteiger partial charge in [-0.2, -0.15) is 4.31 Å². The van der Waals surface area contributed by atoms with Crippen molar-refractivity contribution in [2.75, 3.05) is 38.2 Å². The summed E-state index contributed by atoms with van der Waals surface area (Å²) < 4.78 is 40.4. The summed E-state index contributed by atoms with van der Waals surface area (Å²) in [5.41, 5.74) is 3.29. The molecule has 1 atom stereocenters. The summed E-state index contributed by atoms with van der Waals surface area (Å²) in [6.07, 6.45) is 1.99. The molecular formula is C26H30N4O5S2. The van der Waals surface area contributed by atoms with Crippen molar-refractivity contribution in [3.63, 3.8) is 0 Å². The lowest BCUT2D eigenvalue weighted by Crippen LogP contribution is -2.40. The summed E-state index contributed by atoms with van der Waals surface area (Å²) in [7, 11) is -3.56. The molecular weight excluding hydrogens is 512 g/mol. The first-order chi connectivity index (χ1) is 17.9. The van der Waals surface area contributed by atoms with Gasteiger partial charge < -0.3 is 19.4 Å². The molecule has 0 aliphatic carbocycles. The number of morpholine rings is 1. The monoisotopic (exact) mass is 542 g/mol. The van der Waals surface area contributed by atoms with E-state index in [9.17, 15) is 13.2 Å². The highest BCUT2D eigenvalue weighted by atomic mass is 32.2. The Balaban J connectivity index is 1.50. The Labute approximate surface area is 220 Å². The molecule has 5 rings (SSSR count). The van der Waals surface area contributed by atoms with Crippen LogP contribution in [0.2, 0.25) is 0 Å². The molecule has 37 heavy (non-hydrogen) atoms. The van der Waals surface area contributed by atoms with Crippen LogP contribution in [0.15, 0.2) is 57.7 Å². The maximum atomic E-state index is 13.0. The van der Waals surface area contributed by atoms with Crippen molar-refractivity contribution in [1.82, 2.24) is 8.87 Å². The number of hydrogen-bond acceptors (Lipinski definition) is 7. The molecule has 1 fully saturated rings. The zero-order valence-electron chi connectivity index (χ0n) is 20.8. The molecule has 0 spiro atoms. The number of aromatic nitrogens is 1. The van der Waals surface area contributed by atoms with Crippen LogP contribution in [0.25, 0.3) is 11.3 Å². The smallest absolute Gasteiger partial charge is 0.262 e. The number of carbonyl (C=O) groups is 1. The van der Waals surface area contributed by atoms with Crippen LogP contribution in [0.4, 0.5) is 11.4 Å². The van der Waals surface area contributed by atoms with Gasteiger partial charge in [0.1, 0.15) is 5.75 Å². The van der Waals surface area contributed by atoms with Gasteiger partial charge in [0.05, 0.1) is 35.2 Å². The van der Waals surface area contributed by atoms with Crippen LogP contribution in [0.1, 0.15) is 32.7 Å². The Morgan fingerprint density at radius 1 is 1.14 bits per heavy atom. The van der Waals surface area contributed by atoms with Gasteiger partial charge in [-0.05, 0) is 55.8 Å². The Kier molecular flexibility index (Phi) is 7.47. The molecule has 196 valence electrons. The van der Waals surface area contributed by atoms with Crippen molar-refractivity contribution >= 4 is 38.6 Å². The van der Waals surface area contributed by atoms with Crippen LogP contribution in [-0.4, -0.2) is 56.1 Å². The third-order valence-corrected chi connectivity index (χ3v) is 9.22. The molecule has 3 heterocycles. The normalized spacial score (nSPS) is 17.7. The largest absolute Gasteiger partial charge is 0.482 e. The fourth-order valence-electron chi connectivity index (χ4n) is 4.57. The van der Waals surface area contributed by atoms with Crippen molar-refractivity contribution in [2.45, 2.75) is 37.6 Å². The van der Waals surface area contributed by atoms with Gasteiger partial charge in [-0.3, -0.25) is 4.79 Å². The van der Waals surface area contributed by atoms with E-state index < -0.39 is 10.0 Å². The van der Waals surface area contributed by atoms with Gasteiger partial charge in [-0.15, -0.1) is 11.3 Å². The van der Waals surface area contributed by atoms with Gasteiger partial charge in [-0.1, -0.05) is 13.3 Å². The Morgan fingerprint density at radius 3 is 2.62 bits per heavy atom. The second-order valence-corrected chi connectivity index (χ2v) is 11.9. The number of anilines is 1. The van der Waals surface area contributed by atoms with Crippen LogP contribution < -0.4 is 14.9 Å². The maximum absolute atomic E-state index is 13.0. The summed E-state index contributed by atoms with van der Waals surface area (Å²) >= 11 is 1.53. The molecule has 1 saturated heterocycles. The average Bonchev–Trinajstić information content (AvgIpc) is 3.33. The number of rotatable bonds is 7. The van der Waals surface area contributed by atoms with Gasteiger partial charge in [0.2, 0.25) is 10.0 Å². The van der Waals surface area contributed by atoms with Gasteiger partial charge in [0, 0.05) is 30.1 Å². The van der Waals surface area contributed by atoms with E-state index >= 15 is 0 Å². The molecule has 2 aromatic carbocycles. The first kappa shape index (κ1) is 25.7. The number of thiazole rings is 1. The highest BCUT2D eigenvalue weighted by Gasteiger charge is 2.26. The summed E-state index contributed by atoms with van der Waals surface area (Å²) in [5, 5.41) is 4.94. The summed E-state index contributed by atoms with van der Waals surface area (Å²) in [5.74, 6) is 0.487. The predicted octanol–water partition coefficient (Wildman–Crippen LogP) is 4.16. The number of nitrogens with zero attached hydrogens (tertiary/aromatic N) is 3. The second-order valence-electron chi connectivity index (χ2n) is 9.08. The Hall–Kier alpha value is -2.99. The molecule has 1 aromatic heterocycles. The van der Waals surface area contributed by atoms with Crippen LogP contribution in [0, 0.1) is 0 Å². The molecule has 0 saturated carbocycles. The number of sulfonamides is 1. The fourth-order valence-corrected chi connectivity index (χ4v) is 6.99. The van der Waals surface area contributed by atoms with E-state index in [0.717, 1.165) is 28.9 Å². The molecule has 1 N–H and O–H groups in total. The quantitative estimate of drug-likeness (QED) is 0.483. The lowest BCUT2D eigenvalue weighted by Gasteiger charge is -2.26. The third-order valence-electron chi connectivity index (χ3n) is 6.47. The van der Waals surface area contributed by atoms with E-state index in [0.29, 0.717) is 43.4 Å². The second kappa shape index (κ2) is 10.8. The third kappa shape index (κ3) is 5.35. The summed E-state index contributed by atoms with van der Waals surface area (Å²) in [6, 6.07) is 12.7. The number of amides is 1. The van der Waals surface area contributed by atoms with Gasteiger partial charge >= 0.3 is 0 Å². The molecule has 1 unspecified atom stereocenters. The van der Waals surface area contributed by atoms with E-state index in [2.05, 4.69) is 29.1 Å². The zero-order chi connectivity index (χ0) is 26.0. The van der Waals surface area contributed by atoms with Crippen molar-refractivity contribution in [3.8, 4) is 17.0 Å². The van der Waals surface area contributed by atoms with Crippen molar-refractivity contribution in [2.24, 2.45) is 4.99 Å². The first-order valence-corrected chi connectivity index (χ1v) is 14.7. The van der Waals surface area contributed by atoms with Crippen molar-refractivity contribution in [3.05, 3.63) is 52.6 Å². The van der Waals surface area contributed by atoms with E-state index in [4.69, 9.17) is 14.5 Å². The number of nitrogens with one attached hydrogen (secondary N) is 1. The van der Waals surface area contributed by atoms with Crippen molar-refractivity contribution in [1.29, 1.82) is 0 Å². The van der Waals surface area contributed by atoms with Crippen LogP contribution >= 0.6 is 11.3 Å². The lowest BCUT2D eigenvalue weighted by atomic mass is 10.1. The van der Waals surface area contributed by atoms with Gasteiger partial charge in [0.25, 0.3) is 5.91 Å². The topological polar surface area (TPSA) is 102 Å². The SMILES string of the molecule is CCCC(C)n1c(-c2ccc3c(c2)NC(=O)CO3)csc1=Nc1ccc(S(=O)(=O)N2CCOCC2)cc1. The molecule has 3 aromatic rings. The lowest BCUT2D eigenvalue weighted by molar-refractivity contribution is -0.118. The Bertz CT molecular complexity index is 1450. The highest BCUT2D eigenvalue weighted by Crippen LogP contribution is 2.34. The number of hydrogen-bond donors (Lipinski definition) is 1. The standard InChI is InChI=1S/C26H30N4O5S2/c1-3-4-18(2)30-23(19-5-10-24-22(15-19)28-25(31)16-35-24)17-36-26(30)27-20-6-8-21(9-7-20)37(32,33)29-11-13-34-14-12-29/h5-10,15,17-18H,3-4,11-14,16H2,1-2H3,(H,28,31). The predicted molar refractivity (Wildman–Crippen MR) is 143 cm³/mol. The summed E-state index contributed by atoms with van der Waals surface area (Å²) in [4.78, 5) is 17.8. The van der Waals surface area contributed by atoms with E-state index in [-0.39, 0.29) is 23.5 Å². The molecule has 0 radical (unpaired) electrons. The first-order valence-electron chi connectivity index (χ1n) is 12.4. The number of carbonyl (C=O) groups excluding carboxylic acids is 1. The zero-order valence-corrected chi connectivity index (χ0v) is 22.5. The molecule has 1 amide bonds. The minimum absolute atomic E-state index is 0.0217. The summed E-state index contributed by atoms with van der Waals surface area (Å²) in [6.45, 7) is 5.88. The van der Waals surface area contributed by atoms with Crippen LogP contribution in [0.5, 0.6) is 5.75 Å². The molecule has 11 heteroatoms. The minimum Gasteiger partial charge on any atom is -0.482 e. The average molecular weight is 543 g/mol. The highest BCUT2D eigenvalue weighted by molar-refractivity contribution is 7.89. The minimum atomic E-state index is -3.56. The molecule has 2 aliphatic heterocycles. The molecule has 2 aliphatic rings. The van der Waals surface area contributed by atoms with Crippen LogP contribution in [-0.2, 0) is 19.6 Å². The molecule has 0 bridgehead atoms. The van der Waals surface area contributed by atoms with Crippen LogP contribution in [0.3, 0.4) is 0 Å². The fraction of sp³-hybridized carbons (Fsp3) is 0.385. The van der Waals surface area contributed by atoms with Gasteiger partial charge in [0.15, 0.2) is 11.4 Å². The maximum Gasteiger partial charge on any atom is 0.262 e. The number of benzene rings is 2. The molecule has 9 nitrogen and oxygen atoms in total. The van der Waals surface area contributed by atoms with Gasteiger partial charge in [-0.25, -0.2) is 13.4 Å². The number of fused-ring (bicyclic) bond motifs is 1. The van der Waals surface area contributed by atoms with Crippen molar-refractivity contribution < 1.29 is 22.7 Å². The Morgan fingerprint density at radius 2 is 1.89 bits per heavy atom. The van der Waals surface area contributed by atoms with E-state index in [1.54, 1.807) is 24.3 Å². The van der Waals surface area contributed by atoms with E-state index in [1.807, 2.05) is 18.2 Å².